The van der Waals surface area contributed by atoms with Crippen LogP contribution in [0.1, 0.15) is 11.1 Å². The quantitative estimate of drug-likeness (QED) is 0.735. The van der Waals surface area contributed by atoms with E-state index in [1.807, 2.05) is 24.3 Å². The summed E-state index contributed by atoms with van der Waals surface area (Å²) in [6, 6.07) is 7.47. The molecule has 0 aliphatic carbocycles. The van der Waals surface area contributed by atoms with Gasteiger partial charge in [0.05, 0.1) is 0 Å². The zero-order valence-electron chi connectivity index (χ0n) is 9.69. The van der Waals surface area contributed by atoms with Crippen molar-refractivity contribution >= 4 is 5.91 Å². The van der Waals surface area contributed by atoms with Gasteiger partial charge in [-0.25, -0.2) is 0 Å². The van der Waals surface area contributed by atoms with Crippen molar-refractivity contribution in [1.29, 1.82) is 0 Å². The normalized spacial score (nSPS) is 9.29. The minimum absolute atomic E-state index is 0.0461. The Labute approximate surface area is 101 Å². The first-order valence-electron chi connectivity index (χ1n) is 5.21. The summed E-state index contributed by atoms with van der Waals surface area (Å²) in [5.41, 5.74) is 1.72. The van der Waals surface area contributed by atoms with Crippen LogP contribution in [0.25, 0.3) is 0 Å². The van der Waals surface area contributed by atoms with E-state index < -0.39 is 0 Å². The van der Waals surface area contributed by atoms with Crippen LogP contribution in [0.2, 0.25) is 0 Å². The average molecular weight is 233 g/mol. The van der Waals surface area contributed by atoms with Crippen LogP contribution in [-0.4, -0.2) is 31.3 Å². The molecule has 0 spiro atoms. The van der Waals surface area contributed by atoms with Gasteiger partial charge >= 0.3 is 0 Å². The lowest BCUT2D eigenvalue weighted by Crippen LogP contribution is -2.26. The Balaban J connectivity index is 2.67. The van der Waals surface area contributed by atoms with E-state index in [1.165, 1.54) is 7.11 Å². The summed E-state index contributed by atoms with van der Waals surface area (Å²) in [6.45, 7) is 0.271. The maximum atomic E-state index is 11.2. The van der Waals surface area contributed by atoms with Crippen LogP contribution < -0.4 is 5.32 Å². The van der Waals surface area contributed by atoms with Crippen molar-refractivity contribution in [2.24, 2.45) is 0 Å². The van der Waals surface area contributed by atoms with Gasteiger partial charge < -0.3 is 15.2 Å². The van der Waals surface area contributed by atoms with Gasteiger partial charge in [-0.1, -0.05) is 30.0 Å². The van der Waals surface area contributed by atoms with E-state index in [0.29, 0.717) is 6.54 Å². The van der Waals surface area contributed by atoms with Gasteiger partial charge in [0.2, 0.25) is 5.91 Å². The predicted octanol–water partition coefficient (Wildman–Crippen LogP) is 0.293. The fraction of sp³-hybridized carbons (Fsp3) is 0.308. The van der Waals surface area contributed by atoms with Gasteiger partial charge in [0.1, 0.15) is 13.2 Å². The zero-order valence-corrected chi connectivity index (χ0v) is 9.69. The fourth-order valence-corrected chi connectivity index (χ4v) is 1.31. The third-order valence-corrected chi connectivity index (χ3v) is 2.07. The molecule has 4 nitrogen and oxygen atoms in total. The second kappa shape index (κ2) is 7.44. The third kappa shape index (κ3) is 4.68. The summed E-state index contributed by atoms with van der Waals surface area (Å²) in [6.07, 6.45) is 0. The van der Waals surface area contributed by atoms with Gasteiger partial charge in [-0.2, -0.15) is 0 Å². The predicted molar refractivity (Wildman–Crippen MR) is 64.1 cm³/mol. The molecule has 17 heavy (non-hydrogen) atoms. The first-order chi connectivity index (χ1) is 8.27. The number of hydrogen-bond acceptors (Lipinski definition) is 3. The lowest BCUT2D eigenvalue weighted by atomic mass is 10.1. The summed E-state index contributed by atoms with van der Waals surface area (Å²) >= 11 is 0. The average Bonchev–Trinajstić information content (AvgIpc) is 2.35. The molecule has 1 aromatic rings. The highest BCUT2D eigenvalue weighted by atomic mass is 16.5. The summed E-state index contributed by atoms with van der Waals surface area (Å²) in [5.74, 6) is 5.25. The molecule has 0 aromatic heterocycles. The largest absolute Gasteiger partial charge is 0.384 e. The number of carbonyl (C=O) groups is 1. The molecule has 90 valence electrons. The van der Waals surface area contributed by atoms with Gasteiger partial charge in [-0.15, -0.1) is 0 Å². The van der Waals surface area contributed by atoms with Crippen molar-refractivity contribution in [3.05, 3.63) is 35.4 Å². The summed E-state index contributed by atoms with van der Waals surface area (Å²) in [5, 5.41) is 11.4. The van der Waals surface area contributed by atoms with Crippen LogP contribution in [0.3, 0.4) is 0 Å². The molecule has 0 heterocycles. The summed E-state index contributed by atoms with van der Waals surface area (Å²) in [4.78, 5) is 11.2. The van der Waals surface area contributed by atoms with Crippen LogP contribution in [0.4, 0.5) is 0 Å². The lowest BCUT2D eigenvalue weighted by molar-refractivity contribution is -0.124. The second-order valence-electron chi connectivity index (χ2n) is 3.33. The Morgan fingerprint density at radius 3 is 2.94 bits per heavy atom. The molecule has 1 rings (SSSR count). The van der Waals surface area contributed by atoms with E-state index in [0.717, 1.165) is 11.1 Å². The Bertz CT molecular complexity index is 432. The van der Waals surface area contributed by atoms with Crippen molar-refractivity contribution in [1.82, 2.24) is 5.32 Å². The first-order valence-corrected chi connectivity index (χ1v) is 5.21. The van der Waals surface area contributed by atoms with Crippen molar-refractivity contribution in [2.45, 2.75) is 6.54 Å². The molecule has 0 bridgehead atoms. The number of carbonyl (C=O) groups excluding carboxylic acids is 1. The minimum Gasteiger partial charge on any atom is -0.384 e. The molecule has 0 aliphatic heterocycles. The van der Waals surface area contributed by atoms with Crippen LogP contribution in [0.5, 0.6) is 0 Å². The molecular weight excluding hydrogens is 218 g/mol. The highest BCUT2D eigenvalue weighted by molar-refractivity contribution is 5.77. The van der Waals surface area contributed by atoms with Gasteiger partial charge in [-0.3, -0.25) is 4.79 Å². The molecule has 2 N–H and O–H groups in total. The molecule has 1 amide bonds. The highest BCUT2D eigenvalue weighted by Crippen LogP contribution is 2.06. The Hall–Kier alpha value is -1.83. The van der Waals surface area contributed by atoms with E-state index in [-0.39, 0.29) is 19.1 Å². The lowest BCUT2D eigenvalue weighted by Gasteiger charge is -2.06. The van der Waals surface area contributed by atoms with Crippen LogP contribution in [0.15, 0.2) is 24.3 Å². The van der Waals surface area contributed by atoms with E-state index in [1.54, 1.807) is 0 Å². The van der Waals surface area contributed by atoms with Crippen molar-refractivity contribution in [3.63, 3.8) is 0 Å². The van der Waals surface area contributed by atoms with E-state index in [4.69, 9.17) is 9.84 Å². The Morgan fingerprint density at radius 1 is 1.47 bits per heavy atom. The first kappa shape index (κ1) is 13.2. The zero-order chi connectivity index (χ0) is 12.5. The SMILES string of the molecule is COCC(=O)NCc1ccccc1C#CCO. The van der Waals surface area contributed by atoms with Crippen molar-refractivity contribution in [2.75, 3.05) is 20.3 Å². The Kier molecular flexibility index (Phi) is 5.80. The van der Waals surface area contributed by atoms with E-state index in [9.17, 15) is 4.79 Å². The number of amides is 1. The van der Waals surface area contributed by atoms with Crippen molar-refractivity contribution in [3.8, 4) is 11.8 Å². The number of rotatable bonds is 4. The summed E-state index contributed by atoms with van der Waals surface area (Å²) in [7, 11) is 1.47. The number of hydrogen-bond donors (Lipinski definition) is 2. The van der Waals surface area contributed by atoms with Crippen LogP contribution in [-0.2, 0) is 16.1 Å². The van der Waals surface area contributed by atoms with Gasteiger partial charge in [0.15, 0.2) is 0 Å². The monoisotopic (exact) mass is 233 g/mol. The molecule has 0 saturated carbocycles. The minimum atomic E-state index is -0.176. The standard InChI is InChI=1S/C13H15NO3/c1-17-10-13(16)14-9-12-6-3-2-5-11(12)7-4-8-15/h2-3,5-6,15H,8-10H2,1H3,(H,14,16). The molecule has 0 saturated heterocycles. The molecular formula is C13H15NO3. The van der Waals surface area contributed by atoms with Gasteiger partial charge in [0, 0.05) is 19.2 Å². The van der Waals surface area contributed by atoms with Crippen molar-refractivity contribution < 1.29 is 14.6 Å². The number of benzene rings is 1. The topological polar surface area (TPSA) is 58.6 Å². The molecule has 1 aromatic carbocycles. The fourth-order valence-electron chi connectivity index (χ4n) is 1.31. The summed E-state index contributed by atoms with van der Waals surface area (Å²) < 4.78 is 4.71. The molecule has 0 radical (unpaired) electrons. The van der Waals surface area contributed by atoms with E-state index in [2.05, 4.69) is 17.2 Å². The van der Waals surface area contributed by atoms with Gasteiger partial charge in [-0.05, 0) is 11.6 Å². The number of nitrogens with one attached hydrogen (secondary N) is 1. The molecule has 0 fully saturated rings. The number of aliphatic hydroxyl groups is 1. The second-order valence-corrected chi connectivity index (χ2v) is 3.33. The maximum absolute atomic E-state index is 11.2. The van der Waals surface area contributed by atoms with Gasteiger partial charge in [0.25, 0.3) is 0 Å². The molecule has 0 atom stereocenters. The highest BCUT2D eigenvalue weighted by Gasteiger charge is 2.02. The van der Waals surface area contributed by atoms with Crippen LogP contribution >= 0.6 is 0 Å². The smallest absolute Gasteiger partial charge is 0.246 e. The Morgan fingerprint density at radius 2 is 2.24 bits per heavy atom. The molecule has 0 unspecified atom stereocenters. The number of ether oxygens (including phenoxy) is 1. The van der Waals surface area contributed by atoms with E-state index >= 15 is 0 Å². The molecule has 4 heteroatoms. The third-order valence-electron chi connectivity index (χ3n) is 2.07. The number of aliphatic hydroxyl groups excluding tert-OH is 1. The number of methoxy groups -OCH3 is 1. The maximum Gasteiger partial charge on any atom is 0.246 e. The van der Waals surface area contributed by atoms with Crippen LogP contribution in [0, 0.1) is 11.8 Å². The molecule has 0 aliphatic rings.